The van der Waals surface area contributed by atoms with Gasteiger partial charge < -0.3 is 14.8 Å². The standard InChI is InChI=1S/C17H17N3O5S/c1-11(21)18-13-7-8-20(17(23)19-13)14-10-26-16(25-14)9-15(22)24-12-5-3-2-4-6-12/h2-8,14,16H,9-10H2,1H3,(H,18,19,21,23). The number of hydrogen-bond donors (Lipinski definition) is 1. The second-order valence-electron chi connectivity index (χ2n) is 5.53. The minimum Gasteiger partial charge on any atom is -0.426 e. The molecular formula is C17H17N3O5S. The third-order valence-corrected chi connectivity index (χ3v) is 4.61. The molecule has 0 spiro atoms. The van der Waals surface area contributed by atoms with Gasteiger partial charge in [-0.1, -0.05) is 18.2 Å². The second kappa shape index (κ2) is 8.15. The topological polar surface area (TPSA) is 99.5 Å². The van der Waals surface area contributed by atoms with E-state index >= 15 is 0 Å². The lowest BCUT2D eigenvalue weighted by Crippen LogP contribution is -2.29. The summed E-state index contributed by atoms with van der Waals surface area (Å²) >= 11 is 1.43. The van der Waals surface area contributed by atoms with Gasteiger partial charge in [0.15, 0.2) is 0 Å². The zero-order valence-electron chi connectivity index (χ0n) is 14.0. The Morgan fingerprint density at radius 3 is 2.81 bits per heavy atom. The maximum atomic E-state index is 12.1. The molecule has 0 radical (unpaired) electrons. The largest absolute Gasteiger partial charge is 0.426 e. The lowest BCUT2D eigenvalue weighted by atomic mass is 10.3. The highest BCUT2D eigenvalue weighted by molar-refractivity contribution is 8.00. The first kappa shape index (κ1) is 18.2. The smallest absolute Gasteiger partial charge is 0.351 e. The van der Waals surface area contributed by atoms with E-state index < -0.39 is 23.3 Å². The van der Waals surface area contributed by atoms with E-state index in [0.29, 0.717) is 11.5 Å². The number of esters is 1. The molecule has 2 aromatic rings. The first-order chi connectivity index (χ1) is 12.5. The first-order valence-electron chi connectivity index (χ1n) is 7.91. The van der Waals surface area contributed by atoms with Gasteiger partial charge in [0.1, 0.15) is 23.2 Å². The Bertz CT molecular complexity index is 855. The number of nitrogens with one attached hydrogen (secondary N) is 1. The lowest BCUT2D eigenvalue weighted by molar-refractivity contribution is -0.136. The summed E-state index contributed by atoms with van der Waals surface area (Å²) in [5, 5.41) is 2.45. The summed E-state index contributed by atoms with van der Waals surface area (Å²) in [5.74, 6) is 0.461. The zero-order valence-corrected chi connectivity index (χ0v) is 14.8. The van der Waals surface area contributed by atoms with Gasteiger partial charge in [-0.15, -0.1) is 11.8 Å². The van der Waals surface area contributed by atoms with Crippen LogP contribution in [-0.2, 0) is 14.3 Å². The summed E-state index contributed by atoms with van der Waals surface area (Å²) in [5.41, 5.74) is -0.938. The number of carbonyl (C=O) groups is 2. The SMILES string of the molecule is CC(=O)Nc1ccn(C2CSC(CC(=O)Oc3ccccc3)O2)c(=O)n1. The van der Waals surface area contributed by atoms with Crippen LogP contribution in [0.25, 0.3) is 0 Å². The van der Waals surface area contributed by atoms with Gasteiger partial charge in [0.2, 0.25) is 5.91 Å². The van der Waals surface area contributed by atoms with E-state index in [4.69, 9.17) is 9.47 Å². The fourth-order valence-corrected chi connectivity index (χ4v) is 3.46. The minimum absolute atomic E-state index is 0.0716. The Morgan fingerprint density at radius 2 is 2.12 bits per heavy atom. The molecule has 2 atom stereocenters. The number of aromatic nitrogens is 2. The molecule has 0 saturated carbocycles. The Kier molecular flexibility index (Phi) is 5.69. The number of amides is 1. The quantitative estimate of drug-likeness (QED) is 0.628. The van der Waals surface area contributed by atoms with Crippen molar-refractivity contribution in [2.45, 2.75) is 25.0 Å². The van der Waals surface area contributed by atoms with E-state index in [-0.39, 0.29) is 18.1 Å². The van der Waals surface area contributed by atoms with Crippen molar-refractivity contribution in [1.29, 1.82) is 0 Å². The van der Waals surface area contributed by atoms with Crippen LogP contribution in [0.15, 0.2) is 47.4 Å². The van der Waals surface area contributed by atoms with Gasteiger partial charge in [0.25, 0.3) is 0 Å². The summed E-state index contributed by atoms with van der Waals surface area (Å²) in [6.07, 6.45) is 1.06. The van der Waals surface area contributed by atoms with Crippen LogP contribution < -0.4 is 15.7 Å². The molecule has 1 aliphatic rings. The van der Waals surface area contributed by atoms with Gasteiger partial charge in [-0.3, -0.25) is 14.2 Å². The molecule has 2 unspecified atom stereocenters. The molecule has 1 N–H and O–H groups in total. The third-order valence-electron chi connectivity index (χ3n) is 3.49. The van der Waals surface area contributed by atoms with Crippen molar-refractivity contribution >= 4 is 29.5 Å². The summed E-state index contributed by atoms with van der Waals surface area (Å²) in [6.45, 7) is 1.34. The monoisotopic (exact) mass is 375 g/mol. The molecule has 0 aliphatic carbocycles. The number of nitrogens with zero attached hydrogens (tertiary/aromatic N) is 2. The molecule has 8 nitrogen and oxygen atoms in total. The van der Waals surface area contributed by atoms with Crippen molar-refractivity contribution in [3.63, 3.8) is 0 Å². The van der Waals surface area contributed by atoms with Crippen molar-refractivity contribution in [3.05, 3.63) is 53.1 Å². The number of para-hydroxylation sites is 1. The van der Waals surface area contributed by atoms with E-state index in [1.54, 1.807) is 24.3 Å². The van der Waals surface area contributed by atoms with E-state index in [2.05, 4.69) is 10.3 Å². The van der Waals surface area contributed by atoms with Crippen molar-refractivity contribution in [2.75, 3.05) is 11.1 Å². The Hall–Kier alpha value is -2.65. The van der Waals surface area contributed by atoms with Crippen molar-refractivity contribution < 1.29 is 19.1 Å². The van der Waals surface area contributed by atoms with Gasteiger partial charge in [-0.25, -0.2) is 4.79 Å². The number of hydrogen-bond acceptors (Lipinski definition) is 7. The molecule has 136 valence electrons. The molecule has 26 heavy (non-hydrogen) atoms. The normalized spacial score (nSPS) is 19.1. The fourth-order valence-electron chi connectivity index (χ4n) is 2.38. The molecule has 1 fully saturated rings. The van der Waals surface area contributed by atoms with Crippen LogP contribution in [-0.4, -0.2) is 32.6 Å². The average Bonchev–Trinajstić information content (AvgIpc) is 3.03. The molecule has 9 heteroatoms. The van der Waals surface area contributed by atoms with Crippen LogP contribution in [0.5, 0.6) is 5.75 Å². The van der Waals surface area contributed by atoms with Crippen molar-refractivity contribution in [1.82, 2.24) is 9.55 Å². The molecule has 2 heterocycles. The lowest BCUT2D eigenvalue weighted by Gasteiger charge is -2.14. The molecule has 3 rings (SSSR count). The van der Waals surface area contributed by atoms with Crippen LogP contribution in [0.4, 0.5) is 5.82 Å². The van der Waals surface area contributed by atoms with E-state index in [0.717, 1.165) is 0 Å². The minimum atomic E-state index is -0.533. The highest BCUT2D eigenvalue weighted by atomic mass is 32.2. The Labute approximate surface area is 153 Å². The molecule has 1 amide bonds. The van der Waals surface area contributed by atoms with Crippen LogP contribution in [0.1, 0.15) is 19.6 Å². The average molecular weight is 375 g/mol. The van der Waals surface area contributed by atoms with Crippen LogP contribution in [0.2, 0.25) is 0 Å². The number of thioether (sulfide) groups is 1. The first-order valence-corrected chi connectivity index (χ1v) is 8.96. The molecule has 1 saturated heterocycles. The van der Waals surface area contributed by atoms with Crippen molar-refractivity contribution in [3.8, 4) is 5.75 Å². The maximum absolute atomic E-state index is 12.1. The maximum Gasteiger partial charge on any atom is 0.351 e. The number of benzene rings is 1. The van der Waals surface area contributed by atoms with Gasteiger partial charge in [-0.2, -0.15) is 4.98 Å². The Balaban J connectivity index is 1.57. The van der Waals surface area contributed by atoms with Crippen LogP contribution in [0.3, 0.4) is 0 Å². The summed E-state index contributed by atoms with van der Waals surface area (Å²) in [4.78, 5) is 38.9. The van der Waals surface area contributed by atoms with Gasteiger partial charge in [-0.05, 0) is 18.2 Å². The van der Waals surface area contributed by atoms with Gasteiger partial charge >= 0.3 is 11.7 Å². The number of ether oxygens (including phenoxy) is 2. The van der Waals surface area contributed by atoms with Gasteiger partial charge in [0.05, 0.1) is 6.42 Å². The molecule has 1 aliphatic heterocycles. The summed E-state index contributed by atoms with van der Waals surface area (Å²) in [6, 6.07) is 10.3. The van der Waals surface area contributed by atoms with Gasteiger partial charge in [0, 0.05) is 18.9 Å². The second-order valence-corrected chi connectivity index (χ2v) is 6.72. The van der Waals surface area contributed by atoms with Crippen LogP contribution in [0, 0.1) is 0 Å². The fraction of sp³-hybridized carbons (Fsp3) is 0.294. The van der Waals surface area contributed by atoms with E-state index in [1.807, 2.05) is 6.07 Å². The number of carbonyl (C=O) groups excluding carboxylic acids is 2. The summed E-state index contributed by atoms with van der Waals surface area (Å²) in [7, 11) is 0. The molecule has 1 aromatic carbocycles. The number of anilines is 1. The van der Waals surface area contributed by atoms with Crippen molar-refractivity contribution in [2.24, 2.45) is 0 Å². The summed E-state index contributed by atoms with van der Waals surface area (Å²) < 4.78 is 12.3. The third kappa shape index (κ3) is 4.70. The molecule has 0 bridgehead atoms. The zero-order chi connectivity index (χ0) is 18.5. The predicted octanol–water partition coefficient (Wildman–Crippen LogP) is 1.79. The highest BCUT2D eigenvalue weighted by Crippen LogP contribution is 2.33. The van der Waals surface area contributed by atoms with E-state index in [9.17, 15) is 14.4 Å². The highest BCUT2D eigenvalue weighted by Gasteiger charge is 2.30. The van der Waals surface area contributed by atoms with Crippen LogP contribution >= 0.6 is 11.8 Å². The molecular weight excluding hydrogens is 358 g/mol. The van der Waals surface area contributed by atoms with E-state index in [1.165, 1.54) is 35.5 Å². The number of rotatable bonds is 5. The molecule has 1 aromatic heterocycles. The predicted molar refractivity (Wildman–Crippen MR) is 95.9 cm³/mol. The Morgan fingerprint density at radius 1 is 1.35 bits per heavy atom.